The second-order valence-corrected chi connectivity index (χ2v) is 7.96. The highest BCUT2D eigenvalue weighted by molar-refractivity contribution is 5.84. The van der Waals surface area contributed by atoms with Crippen molar-refractivity contribution < 1.29 is 31.5 Å². The first-order valence-electron chi connectivity index (χ1n) is 9.82. The van der Waals surface area contributed by atoms with Gasteiger partial charge < -0.3 is 4.74 Å². The molecule has 2 bridgehead atoms. The van der Waals surface area contributed by atoms with E-state index in [2.05, 4.69) is 0 Å². The Morgan fingerprint density at radius 3 is 2.36 bits per heavy atom. The number of hydrogen-bond acceptors (Lipinski definition) is 2. The first-order chi connectivity index (χ1) is 13.1. The summed E-state index contributed by atoms with van der Waals surface area (Å²) in [6.45, 7) is 2.02. The number of fused-ring (bicyclic) bond motifs is 3. The zero-order chi connectivity index (χ0) is 20.5. The van der Waals surface area contributed by atoms with E-state index in [9.17, 15) is 26.7 Å². The molecule has 0 amide bonds. The number of benzene rings is 1. The van der Waals surface area contributed by atoms with Crippen molar-refractivity contribution in [1.82, 2.24) is 0 Å². The molecule has 28 heavy (non-hydrogen) atoms. The second-order valence-electron chi connectivity index (χ2n) is 7.96. The molecule has 3 aliphatic rings. The van der Waals surface area contributed by atoms with Crippen molar-refractivity contribution in [2.45, 2.75) is 75.7 Å². The van der Waals surface area contributed by atoms with Crippen LogP contribution in [0, 0.1) is 11.8 Å². The standard InChI is InChI=1S/C21H25F5O2/c1-2-6-14(13-7-4-3-5-8-13)12-17(27)19-15-9-10-18(28-19)16(11-15)20(22,23)21(24,25)26/h3-5,7-8,14-16,18-19H,2,6,9-12H2,1H3. The van der Waals surface area contributed by atoms with E-state index >= 15 is 0 Å². The Balaban J connectivity index is 1.70. The Labute approximate surface area is 161 Å². The van der Waals surface area contributed by atoms with E-state index in [1.54, 1.807) is 0 Å². The quantitative estimate of drug-likeness (QED) is 0.528. The molecule has 1 saturated carbocycles. The van der Waals surface area contributed by atoms with Crippen molar-refractivity contribution in [2.24, 2.45) is 11.8 Å². The average Bonchev–Trinajstić information content (AvgIpc) is 2.67. The molecular weight excluding hydrogens is 379 g/mol. The molecule has 0 N–H and O–H groups in total. The van der Waals surface area contributed by atoms with E-state index in [0.717, 1.165) is 18.4 Å². The topological polar surface area (TPSA) is 26.3 Å². The van der Waals surface area contributed by atoms with Gasteiger partial charge in [-0.2, -0.15) is 22.0 Å². The highest BCUT2D eigenvalue weighted by atomic mass is 19.4. The van der Waals surface area contributed by atoms with E-state index in [0.29, 0.717) is 6.42 Å². The summed E-state index contributed by atoms with van der Waals surface area (Å²) in [5.41, 5.74) is 1.03. The monoisotopic (exact) mass is 404 g/mol. The van der Waals surface area contributed by atoms with E-state index < -0.39 is 36.1 Å². The first kappa shape index (κ1) is 21.2. The van der Waals surface area contributed by atoms with Gasteiger partial charge in [0.05, 0.1) is 12.0 Å². The Bertz CT molecular complexity index is 673. The van der Waals surface area contributed by atoms with Gasteiger partial charge in [-0.3, -0.25) is 4.79 Å². The maximum Gasteiger partial charge on any atom is 0.453 e. The molecule has 156 valence electrons. The minimum absolute atomic E-state index is 0.00448. The average molecular weight is 404 g/mol. The number of halogens is 5. The summed E-state index contributed by atoms with van der Waals surface area (Å²) in [7, 11) is 0. The van der Waals surface area contributed by atoms with Crippen LogP contribution in [0.3, 0.4) is 0 Å². The van der Waals surface area contributed by atoms with Crippen LogP contribution in [0.25, 0.3) is 0 Å². The number of alkyl halides is 5. The van der Waals surface area contributed by atoms with Crippen LogP contribution < -0.4 is 0 Å². The second kappa shape index (κ2) is 8.09. The van der Waals surface area contributed by atoms with E-state index in [1.165, 1.54) is 0 Å². The Morgan fingerprint density at radius 2 is 1.82 bits per heavy atom. The summed E-state index contributed by atoms with van der Waals surface area (Å²) >= 11 is 0. The van der Waals surface area contributed by atoms with Crippen LogP contribution in [0.1, 0.15) is 56.9 Å². The van der Waals surface area contributed by atoms with Crippen molar-refractivity contribution >= 4 is 5.78 Å². The molecule has 2 aliphatic heterocycles. The highest BCUT2D eigenvalue weighted by Crippen LogP contribution is 2.52. The molecule has 0 aromatic heterocycles. The lowest BCUT2D eigenvalue weighted by Gasteiger charge is -2.49. The molecule has 2 heterocycles. The van der Waals surface area contributed by atoms with Gasteiger partial charge in [0.1, 0.15) is 6.10 Å². The number of carbonyl (C=O) groups excluding carboxylic acids is 1. The van der Waals surface area contributed by atoms with Gasteiger partial charge >= 0.3 is 12.1 Å². The predicted octanol–water partition coefficient (Wildman–Crippen LogP) is 5.91. The zero-order valence-corrected chi connectivity index (χ0v) is 15.7. The van der Waals surface area contributed by atoms with Gasteiger partial charge in [0.25, 0.3) is 0 Å². The van der Waals surface area contributed by atoms with Crippen LogP contribution in [0.4, 0.5) is 22.0 Å². The zero-order valence-electron chi connectivity index (χ0n) is 15.7. The molecule has 0 radical (unpaired) electrons. The lowest BCUT2D eigenvalue weighted by molar-refractivity contribution is -0.330. The number of rotatable bonds is 7. The van der Waals surface area contributed by atoms with Crippen LogP contribution in [0.15, 0.2) is 30.3 Å². The normalized spacial score (nSPS) is 28.9. The number of ether oxygens (including phenoxy) is 1. The van der Waals surface area contributed by atoms with Crippen molar-refractivity contribution in [3.05, 3.63) is 35.9 Å². The molecule has 4 rings (SSSR count). The SMILES string of the molecule is CCCC(CC(=O)C1OC2CCC1CC2C(F)(F)C(F)(F)F)c1ccccc1. The molecular formula is C21H25F5O2. The smallest absolute Gasteiger partial charge is 0.366 e. The fourth-order valence-electron chi connectivity index (χ4n) is 4.66. The Hall–Kier alpha value is -1.50. The van der Waals surface area contributed by atoms with Gasteiger partial charge in [-0.15, -0.1) is 0 Å². The van der Waals surface area contributed by atoms with Gasteiger partial charge in [0, 0.05) is 6.42 Å². The third-order valence-electron chi connectivity index (χ3n) is 6.09. The van der Waals surface area contributed by atoms with E-state index in [1.807, 2.05) is 37.3 Å². The van der Waals surface area contributed by atoms with Gasteiger partial charge in [0.2, 0.25) is 0 Å². The minimum atomic E-state index is -5.60. The van der Waals surface area contributed by atoms with Gasteiger partial charge in [-0.25, -0.2) is 0 Å². The third kappa shape index (κ3) is 4.09. The Kier molecular flexibility index (Phi) is 6.13. The van der Waals surface area contributed by atoms with Crippen LogP contribution >= 0.6 is 0 Å². The fourth-order valence-corrected chi connectivity index (χ4v) is 4.66. The molecule has 2 nitrogen and oxygen atoms in total. The minimum Gasteiger partial charge on any atom is -0.366 e. The molecule has 0 spiro atoms. The number of Topliss-reactive ketones (excluding diaryl/α,β-unsaturated/α-hetero) is 1. The number of carbonyl (C=O) groups is 1. The summed E-state index contributed by atoms with van der Waals surface area (Å²) in [4.78, 5) is 12.9. The summed E-state index contributed by atoms with van der Waals surface area (Å²) in [6.07, 6.45) is -5.53. The first-order valence-corrected chi connectivity index (χ1v) is 9.82. The maximum atomic E-state index is 13.8. The lowest BCUT2D eigenvalue weighted by atomic mass is 9.69. The molecule has 7 heteroatoms. The number of ketones is 1. The molecule has 1 aromatic rings. The molecule has 3 fully saturated rings. The summed E-state index contributed by atoms with van der Waals surface area (Å²) in [5, 5.41) is 0. The molecule has 1 aliphatic carbocycles. The summed E-state index contributed by atoms with van der Waals surface area (Å²) in [5.74, 6) is -7.47. The van der Waals surface area contributed by atoms with Gasteiger partial charge in [-0.1, -0.05) is 43.7 Å². The van der Waals surface area contributed by atoms with E-state index in [4.69, 9.17) is 4.74 Å². The van der Waals surface area contributed by atoms with Gasteiger partial charge in [-0.05, 0) is 43.1 Å². The highest BCUT2D eigenvalue weighted by Gasteiger charge is 2.66. The summed E-state index contributed by atoms with van der Waals surface area (Å²) in [6, 6.07) is 9.57. The molecule has 1 aromatic carbocycles. The van der Waals surface area contributed by atoms with Crippen molar-refractivity contribution in [2.75, 3.05) is 0 Å². The molecule has 5 unspecified atom stereocenters. The Morgan fingerprint density at radius 1 is 1.14 bits per heavy atom. The van der Waals surface area contributed by atoms with E-state index in [-0.39, 0.29) is 31.0 Å². The molecule has 5 atom stereocenters. The number of hydrogen-bond donors (Lipinski definition) is 0. The van der Waals surface area contributed by atoms with Crippen LogP contribution in [0.5, 0.6) is 0 Å². The third-order valence-corrected chi connectivity index (χ3v) is 6.09. The summed E-state index contributed by atoms with van der Waals surface area (Å²) < 4.78 is 71.5. The predicted molar refractivity (Wildman–Crippen MR) is 94.2 cm³/mol. The lowest BCUT2D eigenvalue weighted by Crippen LogP contribution is -2.58. The largest absolute Gasteiger partial charge is 0.453 e. The van der Waals surface area contributed by atoms with Crippen LogP contribution in [-0.2, 0) is 9.53 Å². The van der Waals surface area contributed by atoms with Crippen LogP contribution in [-0.4, -0.2) is 30.1 Å². The fraction of sp³-hybridized carbons (Fsp3) is 0.667. The molecule has 2 saturated heterocycles. The van der Waals surface area contributed by atoms with Crippen molar-refractivity contribution in [3.8, 4) is 0 Å². The van der Waals surface area contributed by atoms with Crippen molar-refractivity contribution in [3.63, 3.8) is 0 Å². The van der Waals surface area contributed by atoms with Gasteiger partial charge in [0.15, 0.2) is 5.78 Å². The maximum absolute atomic E-state index is 13.8. The van der Waals surface area contributed by atoms with Crippen molar-refractivity contribution in [1.29, 1.82) is 0 Å². The van der Waals surface area contributed by atoms with Crippen LogP contribution in [0.2, 0.25) is 0 Å².